The average molecular weight is 428 g/mol. The summed E-state index contributed by atoms with van der Waals surface area (Å²) in [6.07, 6.45) is 2.01. The smallest absolute Gasteiger partial charge is 0.258 e. The number of methoxy groups -OCH3 is 3. The lowest BCUT2D eigenvalue weighted by Gasteiger charge is -2.16. The van der Waals surface area contributed by atoms with Crippen molar-refractivity contribution in [1.82, 2.24) is 5.32 Å². The Hall–Kier alpha value is -3.26. The van der Waals surface area contributed by atoms with Crippen molar-refractivity contribution in [3.05, 3.63) is 47.5 Å². The van der Waals surface area contributed by atoms with E-state index in [0.717, 1.165) is 25.0 Å². The molecule has 1 aliphatic rings. The van der Waals surface area contributed by atoms with E-state index in [9.17, 15) is 4.79 Å². The van der Waals surface area contributed by atoms with Gasteiger partial charge in [0, 0.05) is 18.2 Å². The minimum absolute atomic E-state index is 0.0463. The molecule has 2 aromatic carbocycles. The molecule has 166 valence electrons. The van der Waals surface area contributed by atoms with Crippen LogP contribution in [0.2, 0.25) is 0 Å². The fourth-order valence-electron chi connectivity index (χ4n) is 3.26. The summed E-state index contributed by atoms with van der Waals surface area (Å²) in [7, 11) is 4.67. The topological polar surface area (TPSA) is 90.4 Å². The van der Waals surface area contributed by atoms with Crippen LogP contribution in [0.25, 0.3) is 0 Å². The molecule has 8 nitrogen and oxygen atoms in total. The number of benzene rings is 2. The van der Waals surface area contributed by atoms with Crippen molar-refractivity contribution in [1.29, 1.82) is 0 Å². The molecular weight excluding hydrogens is 398 g/mol. The van der Waals surface area contributed by atoms with Crippen LogP contribution in [0.1, 0.15) is 28.8 Å². The number of aryl methyl sites for hydroxylation is 1. The minimum atomic E-state index is -0.345. The van der Waals surface area contributed by atoms with Crippen molar-refractivity contribution in [2.75, 3.05) is 39.8 Å². The van der Waals surface area contributed by atoms with E-state index in [4.69, 9.17) is 18.9 Å². The second kappa shape index (κ2) is 10.7. The molecule has 0 spiro atoms. The van der Waals surface area contributed by atoms with Crippen LogP contribution in [0.5, 0.6) is 17.2 Å². The molecule has 0 radical (unpaired) electrons. The Bertz CT molecular complexity index is 917. The summed E-state index contributed by atoms with van der Waals surface area (Å²) in [4.78, 5) is 17.6. The van der Waals surface area contributed by atoms with Gasteiger partial charge >= 0.3 is 0 Å². The molecule has 1 amide bonds. The van der Waals surface area contributed by atoms with Gasteiger partial charge in [0.15, 0.2) is 0 Å². The molecule has 8 heteroatoms. The van der Waals surface area contributed by atoms with Gasteiger partial charge in [-0.25, -0.2) is 4.99 Å². The third kappa shape index (κ3) is 6.11. The normalized spacial score (nSPS) is 16.0. The molecule has 31 heavy (non-hydrogen) atoms. The predicted molar refractivity (Wildman–Crippen MR) is 120 cm³/mol. The van der Waals surface area contributed by atoms with E-state index in [-0.39, 0.29) is 12.0 Å². The first kappa shape index (κ1) is 22.4. The number of ether oxygens (including phenoxy) is 4. The molecule has 3 rings (SSSR count). The highest BCUT2D eigenvalue weighted by atomic mass is 16.5. The molecule has 0 saturated carbocycles. The standard InChI is InChI=1S/C23H29N3O5/c1-15-7-8-21(30-4)20(10-15)25-23(24-14-17-6-5-9-31-17)26-22(27)16-11-18(28-2)13-19(12-16)29-3/h7-8,10-13,17H,5-6,9,14H2,1-4H3,(H2,24,25,26,27)/t17-/m0/s1. The van der Waals surface area contributed by atoms with Crippen LogP contribution in [0, 0.1) is 6.92 Å². The average Bonchev–Trinajstić information content (AvgIpc) is 3.31. The Morgan fingerprint density at radius 2 is 1.84 bits per heavy atom. The number of nitrogens with zero attached hydrogens (tertiary/aromatic N) is 1. The highest BCUT2D eigenvalue weighted by molar-refractivity contribution is 6.10. The molecule has 2 N–H and O–H groups in total. The van der Waals surface area contributed by atoms with Gasteiger partial charge in [0.25, 0.3) is 5.91 Å². The van der Waals surface area contributed by atoms with Gasteiger partial charge in [0.05, 0.1) is 39.7 Å². The first-order chi connectivity index (χ1) is 15.0. The lowest BCUT2D eigenvalue weighted by molar-refractivity contribution is 0.0975. The summed E-state index contributed by atoms with van der Waals surface area (Å²) < 4.78 is 21.6. The lowest BCUT2D eigenvalue weighted by atomic mass is 10.2. The number of nitrogens with one attached hydrogen (secondary N) is 2. The highest BCUT2D eigenvalue weighted by Gasteiger charge is 2.17. The Kier molecular flexibility index (Phi) is 7.72. The zero-order valence-electron chi connectivity index (χ0n) is 18.4. The van der Waals surface area contributed by atoms with Gasteiger partial charge in [-0.2, -0.15) is 0 Å². The summed E-state index contributed by atoms with van der Waals surface area (Å²) in [5.41, 5.74) is 2.14. The quantitative estimate of drug-likeness (QED) is 0.520. The van der Waals surface area contributed by atoms with Crippen molar-refractivity contribution in [2.24, 2.45) is 4.99 Å². The van der Waals surface area contributed by atoms with Crippen molar-refractivity contribution >= 4 is 17.6 Å². The zero-order valence-corrected chi connectivity index (χ0v) is 18.4. The molecule has 1 fully saturated rings. The fourth-order valence-corrected chi connectivity index (χ4v) is 3.26. The van der Waals surface area contributed by atoms with E-state index in [1.54, 1.807) is 25.3 Å². The van der Waals surface area contributed by atoms with Crippen molar-refractivity contribution in [2.45, 2.75) is 25.9 Å². The predicted octanol–water partition coefficient (Wildman–Crippen LogP) is 3.40. The van der Waals surface area contributed by atoms with Gasteiger partial charge in [-0.1, -0.05) is 6.07 Å². The summed E-state index contributed by atoms with van der Waals surface area (Å²) in [5, 5.41) is 6.05. The van der Waals surface area contributed by atoms with E-state index in [1.165, 1.54) is 14.2 Å². The second-order valence-electron chi connectivity index (χ2n) is 7.21. The Morgan fingerprint density at radius 1 is 1.10 bits per heavy atom. The molecule has 0 unspecified atom stereocenters. The highest BCUT2D eigenvalue weighted by Crippen LogP contribution is 2.26. The third-order valence-electron chi connectivity index (χ3n) is 4.93. The number of rotatable bonds is 7. The van der Waals surface area contributed by atoms with Crippen molar-refractivity contribution < 1.29 is 23.7 Å². The van der Waals surface area contributed by atoms with Crippen LogP contribution < -0.4 is 24.8 Å². The molecule has 2 aromatic rings. The van der Waals surface area contributed by atoms with Crippen LogP contribution in [-0.2, 0) is 4.74 Å². The number of hydrogen-bond acceptors (Lipinski definition) is 6. The number of amides is 1. The molecule has 1 heterocycles. The summed E-state index contributed by atoms with van der Waals surface area (Å²) in [6, 6.07) is 10.7. The lowest BCUT2D eigenvalue weighted by Crippen LogP contribution is -2.37. The first-order valence-electron chi connectivity index (χ1n) is 10.1. The number of carbonyl (C=O) groups is 1. The maximum atomic E-state index is 13.0. The van der Waals surface area contributed by atoms with Crippen molar-refractivity contribution in [3.63, 3.8) is 0 Å². The van der Waals surface area contributed by atoms with E-state index < -0.39 is 0 Å². The number of aliphatic imine (C=N–C) groups is 1. The van der Waals surface area contributed by atoms with Gasteiger partial charge < -0.3 is 24.3 Å². The second-order valence-corrected chi connectivity index (χ2v) is 7.21. The molecule has 0 bridgehead atoms. The molecule has 0 aromatic heterocycles. The number of hydrogen-bond donors (Lipinski definition) is 2. The van der Waals surface area contributed by atoms with E-state index in [1.807, 2.05) is 25.1 Å². The van der Waals surface area contributed by atoms with Crippen LogP contribution in [0.15, 0.2) is 41.4 Å². The van der Waals surface area contributed by atoms with Gasteiger partial charge in [-0.3, -0.25) is 10.1 Å². The molecule has 1 atom stereocenters. The van der Waals surface area contributed by atoms with Crippen LogP contribution in [-0.4, -0.2) is 52.5 Å². The fraction of sp³-hybridized carbons (Fsp3) is 0.391. The van der Waals surface area contributed by atoms with Gasteiger partial charge in [0.1, 0.15) is 17.2 Å². The third-order valence-corrected chi connectivity index (χ3v) is 4.93. The Labute approximate surface area is 182 Å². The maximum Gasteiger partial charge on any atom is 0.258 e. The first-order valence-corrected chi connectivity index (χ1v) is 10.1. The summed E-state index contributed by atoms with van der Waals surface area (Å²) in [5.74, 6) is 1.66. The van der Waals surface area contributed by atoms with E-state index in [0.29, 0.717) is 41.0 Å². The molecule has 0 aliphatic carbocycles. The number of carbonyl (C=O) groups excluding carboxylic acids is 1. The van der Waals surface area contributed by atoms with Gasteiger partial charge in [-0.15, -0.1) is 0 Å². The summed E-state index contributed by atoms with van der Waals surface area (Å²) >= 11 is 0. The Morgan fingerprint density at radius 3 is 2.45 bits per heavy atom. The largest absolute Gasteiger partial charge is 0.497 e. The van der Waals surface area contributed by atoms with Crippen LogP contribution in [0.4, 0.5) is 5.69 Å². The van der Waals surface area contributed by atoms with E-state index in [2.05, 4.69) is 15.6 Å². The van der Waals surface area contributed by atoms with Crippen LogP contribution in [0.3, 0.4) is 0 Å². The molecular formula is C23H29N3O5. The molecule has 1 aliphatic heterocycles. The zero-order chi connectivity index (χ0) is 22.2. The van der Waals surface area contributed by atoms with Gasteiger partial charge in [-0.05, 0) is 49.6 Å². The van der Waals surface area contributed by atoms with Crippen molar-refractivity contribution in [3.8, 4) is 17.2 Å². The molecule has 1 saturated heterocycles. The number of anilines is 1. The summed E-state index contributed by atoms with van der Waals surface area (Å²) in [6.45, 7) is 3.16. The minimum Gasteiger partial charge on any atom is -0.497 e. The van der Waals surface area contributed by atoms with Gasteiger partial charge in [0.2, 0.25) is 5.96 Å². The monoisotopic (exact) mass is 427 g/mol. The Balaban J connectivity index is 1.85. The van der Waals surface area contributed by atoms with Crippen LogP contribution >= 0.6 is 0 Å². The SMILES string of the molecule is COc1cc(OC)cc(C(=O)NC(=NC[C@@H]2CCCO2)Nc2cc(C)ccc2OC)c1. The maximum absolute atomic E-state index is 13.0. The number of guanidine groups is 1. The van der Waals surface area contributed by atoms with E-state index >= 15 is 0 Å².